The number of piperidine rings is 1. The lowest BCUT2D eigenvalue weighted by atomic mass is 9.88. The quantitative estimate of drug-likeness (QED) is 0.360. The number of hydrogen-bond acceptors (Lipinski definition) is 5. The van der Waals surface area contributed by atoms with Gasteiger partial charge in [-0.05, 0) is 33.6 Å². The molecule has 1 heterocycles. The first-order chi connectivity index (χ1) is 10.2. The Morgan fingerprint density at radius 2 is 1.95 bits per heavy atom. The van der Waals surface area contributed by atoms with Crippen molar-refractivity contribution in [2.24, 2.45) is 0 Å². The Morgan fingerprint density at radius 3 is 2.45 bits per heavy atom. The van der Waals surface area contributed by atoms with Gasteiger partial charge >= 0.3 is 12.1 Å². The van der Waals surface area contributed by atoms with Crippen molar-refractivity contribution in [3.63, 3.8) is 0 Å². The maximum absolute atomic E-state index is 11.9. The molecule has 1 rings (SSSR count). The number of hydrogen-bond donors (Lipinski definition) is 1. The molecule has 0 atom stereocenters. The highest BCUT2D eigenvalue weighted by Crippen LogP contribution is 2.27. The summed E-state index contributed by atoms with van der Waals surface area (Å²) >= 11 is 0. The van der Waals surface area contributed by atoms with E-state index in [2.05, 4.69) is 4.79 Å². The van der Waals surface area contributed by atoms with Crippen LogP contribution in [0, 0.1) is 0 Å². The average Bonchev–Trinajstić information content (AvgIpc) is 2.37. The summed E-state index contributed by atoms with van der Waals surface area (Å²) in [5.74, 6) is -0.576. The van der Waals surface area contributed by atoms with Crippen LogP contribution < -0.4 is 0 Å². The molecule has 22 heavy (non-hydrogen) atoms. The van der Waals surface area contributed by atoms with Crippen LogP contribution in [0.5, 0.6) is 0 Å². The summed E-state index contributed by atoms with van der Waals surface area (Å²) in [7, 11) is 0. The molecule has 1 fully saturated rings. The van der Waals surface area contributed by atoms with Crippen LogP contribution in [-0.2, 0) is 14.3 Å². The van der Waals surface area contributed by atoms with E-state index in [1.807, 2.05) is 0 Å². The maximum Gasteiger partial charge on any atom is 0.410 e. The zero-order chi connectivity index (χ0) is 16.8. The van der Waals surface area contributed by atoms with E-state index in [0.717, 1.165) is 6.21 Å². The van der Waals surface area contributed by atoms with Gasteiger partial charge in [0.05, 0.1) is 12.0 Å². The Hall–Kier alpha value is -1.92. The number of amides is 1. The van der Waals surface area contributed by atoms with Crippen LogP contribution in [0.25, 0.3) is 5.53 Å². The molecule has 8 heteroatoms. The van der Waals surface area contributed by atoms with E-state index in [1.54, 1.807) is 20.8 Å². The molecule has 1 N–H and O–H groups in total. The SMILES string of the molecule is CC(C)(C)OC(=O)N1CCC(O)(CC(=O)OCC=[N+]=[N-])CC1. The van der Waals surface area contributed by atoms with Crippen LogP contribution in [-0.4, -0.2) is 64.0 Å². The molecule has 0 unspecified atom stereocenters. The molecular formula is C14H23N3O5. The minimum Gasteiger partial charge on any atom is -0.454 e. The zero-order valence-electron chi connectivity index (χ0n) is 13.2. The van der Waals surface area contributed by atoms with E-state index < -0.39 is 23.3 Å². The molecule has 0 aromatic carbocycles. The van der Waals surface area contributed by atoms with Crippen LogP contribution in [0.15, 0.2) is 0 Å². The van der Waals surface area contributed by atoms with Crippen molar-refractivity contribution in [1.82, 2.24) is 4.90 Å². The summed E-state index contributed by atoms with van der Waals surface area (Å²) in [6.45, 7) is 5.85. The zero-order valence-corrected chi connectivity index (χ0v) is 13.2. The first-order valence-corrected chi connectivity index (χ1v) is 7.17. The van der Waals surface area contributed by atoms with Gasteiger partial charge in [0.25, 0.3) is 6.21 Å². The topological polar surface area (TPSA) is 112 Å². The molecule has 0 aliphatic carbocycles. The molecular weight excluding hydrogens is 290 g/mol. The molecule has 0 spiro atoms. The molecule has 0 radical (unpaired) electrons. The Balaban J connectivity index is 2.44. The number of esters is 1. The summed E-state index contributed by atoms with van der Waals surface area (Å²) in [6.07, 6.45) is 1.00. The van der Waals surface area contributed by atoms with Crippen LogP contribution in [0.4, 0.5) is 4.79 Å². The van der Waals surface area contributed by atoms with E-state index in [1.165, 1.54) is 4.90 Å². The predicted octanol–water partition coefficient (Wildman–Crippen LogP) is 0.982. The lowest BCUT2D eigenvalue weighted by molar-refractivity contribution is -0.150. The Labute approximate surface area is 129 Å². The third kappa shape index (κ3) is 6.24. The van der Waals surface area contributed by atoms with Crippen molar-refractivity contribution in [2.45, 2.75) is 51.2 Å². The number of aliphatic hydroxyl groups is 1. The molecule has 1 aliphatic heterocycles. The smallest absolute Gasteiger partial charge is 0.410 e. The van der Waals surface area contributed by atoms with Crippen molar-refractivity contribution in [3.8, 4) is 0 Å². The van der Waals surface area contributed by atoms with Gasteiger partial charge in [0.1, 0.15) is 5.60 Å². The van der Waals surface area contributed by atoms with Crippen molar-refractivity contribution in [2.75, 3.05) is 19.7 Å². The highest BCUT2D eigenvalue weighted by molar-refractivity contribution is 5.73. The lowest BCUT2D eigenvalue weighted by Crippen LogP contribution is -2.49. The molecule has 1 amide bonds. The molecule has 0 aromatic heterocycles. The fourth-order valence-electron chi connectivity index (χ4n) is 2.09. The number of carbonyl (C=O) groups excluding carboxylic acids is 2. The molecule has 8 nitrogen and oxygen atoms in total. The van der Waals surface area contributed by atoms with Gasteiger partial charge in [-0.3, -0.25) is 4.79 Å². The Bertz CT molecular complexity index is 458. The standard InChI is InChI=1S/C14H23N3O5/c1-13(2,3)22-12(19)17-7-4-14(20,5-8-17)10-11(18)21-9-6-16-15/h6,20H,4-5,7-10H2,1-3H3. The summed E-state index contributed by atoms with van der Waals surface area (Å²) in [6, 6.07) is 0. The summed E-state index contributed by atoms with van der Waals surface area (Å²) in [5, 5.41) is 10.4. The third-order valence-electron chi connectivity index (χ3n) is 3.22. The molecule has 0 bridgehead atoms. The lowest BCUT2D eigenvalue weighted by Gasteiger charge is -2.38. The molecule has 1 aliphatic rings. The van der Waals surface area contributed by atoms with E-state index in [9.17, 15) is 14.7 Å². The molecule has 0 aromatic rings. The number of likely N-dealkylation sites (tertiary alicyclic amines) is 1. The van der Waals surface area contributed by atoms with Gasteiger partial charge < -0.3 is 25.0 Å². The fourth-order valence-corrected chi connectivity index (χ4v) is 2.09. The van der Waals surface area contributed by atoms with Crippen LogP contribution in [0.2, 0.25) is 0 Å². The fraction of sp³-hybridized carbons (Fsp3) is 0.786. The largest absolute Gasteiger partial charge is 0.454 e. The van der Waals surface area contributed by atoms with Crippen molar-refractivity contribution >= 4 is 18.3 Å². The van der Waals surface area contributed by atoms with Crippen LogP contribution in [0.3, 0.4) is 0 Å². The highest BCUT2D eigenvalue weighted by atomic mass is 16.6. The normalized spacial score (nSPS) is 17.4. The van der Waals surface area contributed by atoms with E-state index in [0.29, 0.717) is 13.1 Å². The Morgan fingerprint density at radius 1 is 1.36 bits per heavy atom. The second kappa shape index (κ2) is 7.38. The van der Waals surface area contributed by atoms with Gasteiger partial charge in [-0.15, -0.1) is 0 Å². The number of nitrogens with zero attached hydrogens (tertiary/aromatic N) is 3. The monoisotopic (exact) mass is 313 g/mol. The summed E-state index contributed by atoms with van der Waals surface area (Å²) in [4.78, 5) is 27.7. The third-order valence-corrected chi connectivity index (χ3v) is 3.22. The average molecular weight is 313 g/mol. The van der Waals surface area contributed by atoms with Gasteiger partial charge in [-0.1, -0.05) is 0 Å². The van der Waals surface area contributed by atoms with Gasteiger partial charge in [-0.2, -0.15) is 4.79 Å². The first kappa shape index (κ1) is 18.1. The maximum atomic E-state index is 11.9. The molecule has 1 saturated heterocycles. The Kier molecular flexibility index (Phi) is 6.08. The second-order valence-corrected chi connectivity index (χ2v) is 6.35. The second-order valence-electron chi connectivity index (χ2n) is 6.35. The summed E-state index contributed by atoms with van der Waals surface area (Å²) < 4.78 is 10.0. The van der Waals surface area contributed by atoms with Crippen LogP contribution in [0.1, 0.15) is 40.0 Å². The van der Waals surface area contributed by atoms with E-state index in [-0.39, 0.29) is 25.9 Å². The van der Waals surface area contributed by atoms with E-state index in [4.69, 9.17) is 15.0 Å². The van der Waals surface area contributed by atoms with Crippen molar-refractivity contribution < 1.29 is 29.0 Å². The first-order valence-electron chi connectivity index (χ1n) is 7.17. The van der Waals surface area contributed by atoms with Gasteiger partial charge in [0.15, 0.2) is 6.61 Å². The molecule has 0 saturated carbocycles. The van der Waals surface area contributed by atoms with Gasteiger partial charge in [-0.25, -0.2) is 4.79 Å². The predicted molar refractivity (Wildman–Crippen MR) is 77.3 cm³/mol. The summed E-state index contributed by atoms with van der Waals surface area (Å²) in [5.41, 5.74) is 6.44. The van der Waals surface area contributed by atoms with Gasteiger partial charge in [0, 0.05) is 13.1 Å². The number of rotatable bonds is 4. The number of carbonyl (C=O) groups is 2. The van der Waals surface area contributed by atoms with E-state index >= 15 is 0 Å². The van der Waals surface area contributed by atoms with Crippen molar-refractivity contribution in [1.29, 1.82) is 0 Å². The van der Waals surface area contributed by atoms with Crippen molar-refractivity contribution in [3.05, 3.63) is 5.53 Å². The minimum atomic E-state index is -1.19. The minimum absolute atomic E-state index is 0.143. The highest BCUT2D eigenvalue weighted by Gasteiger charge is 2.37. The molecule has 124 valence electrons. The number of ether oxygens (including phenoxy) is 2. The van der Waals surface area contributed by atoms with Crippen LogP contribution >= 0.6 is 0 Å². The van der Waals surface area contributed by atoms with Gasteiger partial charge in [0.2, 0.25) is 0 Å².